The van der Waals surface area contributed by atoms with E-state index in [1.807, 2.05) is 35.8 Å². The molecule has 1 aromatic heterocycles. The van der Waals surface area contributed by atoms with E-state index in [9.17, 15) is 5.11 Å². The first-order chi connectivity index (χ1) is 8.56. The van der Waals surface area contributed by atoms with E-state index in [0.717, 1.165) is 22.2 Å². The summed E-state index contributed by atoms with van der Waals surface area (Å²) in [6, 6.07) is 7.74. The highest BCUT2D eigenvalue weighted by Gasteiger charge is 2.18. The van der Waals surface area contributed by atoms with Crippen molar-refractivity contribution in [2.75, 3.05) is 6.54 Å². The fraction of sp³-hybridized carbons (Fsp3) is 0.385. The highest BCUT2D eigenvalue weighted by atomic mass is 16.3. The van der Waals surface area contributed by atoms with E-state index in [0.29, 0.717) is 13.1 Å². The van der Waals surface area contributed by atoms with Gasteiger partial charge in [0.2, 0.25) is 0 Å². The Bertz CT molecular complexity index is 547. The van der Waals surface area contributed by atoms with Crippen molar-refractivity contribution < 1.29 is 5.11 Å². The highest BCUT2D eigenvalue weighted by Crippen LogP contribution is 2.29. The van der Waals surface area contributed by atoms with E-state index in [1.54, 1.807) is 0 Å². The summed E-state index contributed by atoms with van der Waals surface area (Å²) in [5.41, 5.74) is 20.3. The number of fused-ring (bicyclic) bond motifs is 1. The van der Waals surface area contributed by atoms with Crippen LogP contribution in [-0.4, -0.2) is 22.4 Å². The Hall–Kier alpha value is -1.40. The van der Waals surface area contributed by atoms with Gasteiger partial charge in [-0.1, -0.05) is 18.2 Å². The third-order valence-corrected chi connectivity index (χ3v) is 3.27. The lowest BCUT2D eigenvalue weighted by Gasteiger charge is -2.12. The average molecular weight is 248 g/mol. The van der Waals surface area contributed by atoms with Crippen molar-refractivity contribution >= 4 is 10.9 Å². The second kappa shape index (κ2) is 5.07. The van der Waals surface area contributed by atoms with Crippen LogP contribution in [0.25, 0.3) is 10.9 Å². The number of aromatic nitrogens is 1. The van der Waals surface area contributed by atoms with Crippen molar-refractivity contribution in [2.24, 2.45) is 17.2 Å². The highest BCUT2D eigenvalue weighted by molar-refractivity contribution is 5.86. The van der Waals surface area contributed by atoms with Crippen molar-refractivity contribution in [2.45, 2.75) is 25.7 Å². The molecule has 0 saturated carbocycles. The zero-order chi connectivity index (χ0) is 13.3. The summed E-state index contributed by atoms with van der Waals surface area (Å²) in [6.45, 7) is 2.72. The smallest absolute Gasteiger partial charge is 0.120 e. The number of aliphatic hydroxyl groups excluding tert-OH is 1. The number of hydrogen-bond donors (Lipinski definition) is 4. The first kappa shape index (κ1) is 13.0. The summed E-state index contributed by atoms with van der Waals surface area (Å²) in [5, 5.41) is 10.5. The van der Waals surface area contributed by atoms with Crippen LogP contribution >= 0.6 is 0 Å². The molecule has 5 nitrogen and oxygen atoms in total. The van der Waals surface area contributed by atoms with Gasteiger partial charge < -0.3 is 26.9 Å². The van der Waals surface area contributed by atoms with Crippen molar-refractivity contribution in [3.8, 4) is 0 Å². The monoisotopic (exact) mass is 248 g/mol. The van der Waals surface area contributed by atoms with Crippen LogP contribution < -0.4 is 17.2 Å². The molecule has 1 heterocycles. The zero-order valence-corrected chi connectivity index (χ0v) is 10.5. The standard InChI is InChI=1S/C13H20N4O/c1-8-13(10(15)6-14)9-4-2-3-5-11(9)17(8)7-12(16)18/h2-5,10,12,18H,6-7,14-16H2,1H3. The topological polar surface area (TPSA) is 103 Å². The third kappa shape index (κ3) is 2.13. The van der Waals surface area contributed by atoms with Crippen LogP contribution in [-0.2, 0) is 6.54 Å². The lowest BCUT2D eigenvalue weighted by atomic mass is 10.0. The lowest BCUT2D eigenvalue weighted by molar-refractivity contribution is 0.162. The third-order valence-electron chi connectivity index (χ3n) is 3.27. The van der Waals surface area contributed by atoms with Gasteiger partial charge >= 0.3 is 0 Å². The molecule has 0 radical (unpaired) electrons. The van der Waals surface area contributed by atoms with Crippen LogP contribution in [0.1, 0.15) is 17.3 Å². The minimum absolute atomic E-state index is 0.203. The number of para-hydroxylation sites is 1. The van der Waals surface area contributed by atoms with E-state index in [4.69, 9.17) is 17.2 Å². The molecule has 0 spiro atoms. The zero-order valence-electron chi connectivity index (χ0n) is 10.5. The molecule has 2 unspecified atom stereocenters. The van der Waals surface area contributed by atoms with Gasteiger partial charge in [-0.05, 0) is 18.6 Å². The van der Waals surface area contributed by atoms with Gasteiger partial charge in [0.15, 0.2) is 0 Å². The second-order valence-corrected chi connectivity index (χ2v) is 4.54. The van der Waals surface area contributed by atoms with Gasteiger partial charge in [-0.15, -0.1) is 0 Å². The second-order valence-electron chi connectivity index (χ2n) is 4.54. The predicted octanol–water partition coefficient (Wildman–Crippen LogP) is 0.185. The summed E-state index contributed by atoms with van der Waals surface area (Å²) in [7, 11) is 0. The summed E-state index contributed by atoms with van der Waals surface area (Å²) in [6.07, 6.45) is -0.888. The molecule has 0 aliphatic rings. The summed E-state index contributed by atoms with van der Waals surface area (Å²) in [5.74, 6) is 0. The maximum atomic E-state index is 9.40. The van der Waals surface area contributed by atoms with Crippen LogP contribution in [0.15, 0.2) is 24.3 Å². The Labute approximate surface area is 106 Å². The van der Waals surface area contributed by atoms with E-state index < -0.39 is 6.23 Å². The van der Waals surface area contributed by atoms with Gasteiger partial charge in [-0.2, -0.15) is 0 Å². The number of rotatable bonds is 4. The minimum Gasteiger partial charge on any atom is -0.377 e. The first-order valence-electron chi connectivity index (χ1n) is 6.03. The Balaban J connectivity index is 2.67. The molecule has 2 rings (SSSR count). The molecule has 2 atom stereocenters. The lowest BCUT2D eigenvalue weighted by Crippen LogP contribution is -2.26. The van der Waals surface area contributed by atoms with Gasteiger partial charge in [0.05, 0.1) is 6.54 Å². The molecule has 0 amide bonds. The minimum atomic E-state index is -0.888. The fourth-order valence-electron chi connectivity index (χ4n) is 2.47. The Morgan fingerprint density at radius 3 is 2.56 bits per heavy atom. The van der Waals surface area contributed by atoms with E-state index >= 15 is 0 Å². The molecule has 1 aromatic carbocycles. The van der Waals surface area contributed by atoms with Crippen LogP contribution in [0.2, 0.25) is 0 Å². The molecule has 98 valence electrons. The molecule has 2 aromatic rings. The largest absolute Gasteiger partial charge is 0.377 e. The quantitative estimate of drug-likeness (QED) is 0.580. The number of aliphatic hydroxyl groups is 1. The molecular weight excluding hydrogens is 228 g/mol. The van der Waals surface area contributed by atoms with Gasteiger partial charge in [0, 0.05) is 29.2 Å². The van der Waals surface area contributed by atoms with Crippen LogP contribution in [0.4, 0.5) is 0 Å². The van der Waals surface area contributed by atoms with Crippen molar-refractivity contribution in [1.29, 1.82) is 0 Å². The average Bonchev–Trinajstić information content (AvgIpc) is 2.62. The fourth-order valence-corrected chi connectivity index (χ4v) is 2.47. The SMILES string of the molecule is Cc1c(C(N)CN)c2ccccc2n1CC(N)O. The number of benzene rings is 1. The molecule has 0 bridgehead atoms. The van der Waals surface area contributed by atoms with E-state index in [-0.39, 0.29) is 6.04 Å². The van der Waals surface area contributed by atoms with E-state index in [1.165, 1.54) is 0 Å². The molecule has 7 N–H and O–H groups in total. The van der Waals surface area contributed by atoms with Gasteiger partial charge in [-0.25, -0.2) is 0 Å². The van der Waals surface area contributed by atoms with Crippen molar-refractivity contribution in [3.05, 3.63) is 35.5 Å². The molecule has 0 fully saturated rings. The first-order valence-corrected chi connectivity index (χ1v) is 6.03. The van der Waals surface area contributed by atoms with Crippen LogP contribution in [0.5, 0.6) is 0 Å². The molecule has 0 aliphatic carbocycles. The molecule has 5 heteroatoms. The van der Waals surface area contributed by atoms with Gasteiger partial charge in [0.25, 0.3) is 0 Å². The normalized spacial score (nSPS) is 14.9. The number of nitrogens with zero attached hydrogens (tertiary/aromatic N) is 1. The van der Waals surface area contributed by atoms with Crippen molar-refractivity contribution in [1.82, 2.24) is 4.57 Å². The van der Waals surface area contributed by atoms with Crippen LogP contribution in [0.3, 0.4) is 0 Å². The number of nitrogens with two attached hydrogens (primary N) is 3. The summed E-state index contributed by atoms with van der Waals surface area (Å²) >= 11 is 0. The molecular formula is C13H20N4O. The molecule has 0 aliphatic heterocycles. The molecule has 18 heavy (non-hydrogen) atoms. The van der Waals surface area contributed by atoms with Gasteiger partial charge in [0.1, 0.15) is 6.23 Å². The van der Waals surface area contributed by atoms with E-state index in [2.05, 4.69) is 0 Å². The summed E-state index contributed by atoms with van der Waals surface area (Å²) < 4.78 is 1.99. The Morgan fingerprint density at radius 1 is 1.28 bits per heavy atom. The maximum absolute atomic E-state index is 9.40. The van der Waals surface area contributed by atoms with Crippen molar-refractivity contribution in [3.63, 3.8) is 0 Å². The Morgan fingerprint density at radius 2 is 1.94 bits per heavy atom. The molecule has 0 saturated heterocycles. The maximum Gasteiger partial charge on any atom is 0.120 e. The predicted molar refractivity (Wildman–Crippen MR) is 72.9 cm³/mol. The van der Waals surface area contributed by atoms with Gasteiger partial charge in [-0.3, -0.25) is 0 Å². The Kier molecular flexibility index (Phi) is 3.68. The number of hydrogen-bond acceptors (Lipinski definition) is 4. The van der Waals surface area contributed by atoms with Crippen LogP contribution in [0, 0.1) is 6.92 Å². The summed E-state index contributed by atoms with van der Waals surface area (Å²) in [4.78, 5) is 0.